The molecule has 2 aromatic carbocycles. The zero-order chi connectivity index (χ0) is 17.7. The van der Waals surface area contributed by atoms with Crippen molar-refractivity contribution >= 4 is 28.9 Å². The van der Waals surface area contributed by atoms with Gasteiger partial charge in [0.2, 0.25) is 0 Å². The Morgan fingerprint density at radius 1 is 1.29 bits per heavy atom. The summed E-state index contributed by atoms with van der Waals surface area (Å²) in [5, 5.41) is 15.3. The van der Waals surface area contributed by atoms with Gasteiger partial charge in [0.25, 0.3) is 11.6 Å². The molecule has 1 amide bonds. The van der Waals surface area contributed by atoms with Gasteiger partial charge in [0.1, 0.15) is 5.75 Å². The fraction of sp³-hybridized carbons (Fsp3) is 0.125. The lowest BCUT2D eigenvalue weighted by Gasteiger charge is -2.09. The van der Waals surface area contributed by atoms with Gasteiger partial charge in [0.15, 0.2) is 0 Å². The van der Waals surface area contributed by atoms with E-state index in [0.29, 0.717) is 22.0 Å². The molecule has 0 aliphatic rings. The van der Waals surface area contributed by atoms with Crippen LogP contribution in [0, 0.1) is 10.1 Å². The molecule has 0 unspecified atom stereocenters. The van der Waals surface area contributed by atoms with E-state index in [-0.39, 0.29) is 11.3 Å². The maximum Gasteiger partial charge on any atom is 0.271 e. The highest BCUT2D eigenvalue weighted by Crippen LogP contribution is 2.23. The molecule has 7 nitrogen and oxygen atoms in total. The van der Waals surface area contributed by atoms with Crippen molar-refractivity contribution in [1.29, 1.82) is 0 Å². The molecule has 124 valence electrons. The average molecular weight is 348 g/mol. The number of amides is 1. The molecule has 0 radical (unpaired) electrons. The number of nitrogens with zero attached hydrogens (tertiary/aromatic N) is 2. The number of rotatable bonds is 5. The van der Waals surface area contributed by atoms with Gasteiger partial charge < -0.3 is 4.74 Å². The second kappa shape index (κ2) is 7.56. The molecule has 0 aromatic heterocycles. The van der Waals surface area contributed by atoms with Crippen molar-refractivity contribution < 1.29 is 14.5 Å². The van der Waals surface area contributed by atoms with E-state index in [1.165, 1.54) is 31.4 Å². The van der Waals surface area contributed by atoms with Crippen molar-refractivity contribution in [2.24, 2.45) is 5.10 Å². The van der Waals surface area contributed by atoms with Crippen LogP contribution in [0.2, 0.25) is 5.02 Å². The summed E-state index contributed by atoms with van der Waals surface area (Å²) >= 11 is 5.96. The van der Waals surface area contributed by atoms with Gasteiger partial charge in [-0.2, -0.15) is 5.10 Å². The Labute approximate surface area is 143 Å². The van der Waals surface area contributed by atoms with Crippen molar-refractivity contribution in [3.63, 3.8) is 0 Å². The van der Waals surface area contributed by atoms with Gasteiger partial charge in [0.05, 0.1) is 17.7 Å². The van der Waals surface area contributed by atoms with Gasteiger partial charge in [0, 0.05) is 28.3 Å². The molecular weight excluding hydrogens is 334 g/mol. The van der Waals surface area contributed by atoms with Crippen LogP contribution in [0.1, 0.15) is 22.8 Å². The highest BCUT2D eigenvalue weighted by atomic mass is 35.5. The molecule has 0 bridgehead atoms. The lowest BCUT2D eigenvalue weighted by Crippen LogP contribution is -2.19. The molecular formula is C16H14ClN3O4. The van der Waals surface area contributed by atoms with Crippen LogP contribution in [0.15, 0.2) is 47.6 Å². The molecule has 0 spiro atoms. The Morgan fingerprint density at radius 3 is 2.71 bits per heavy atom. The third-order valence-electron chi connectivity index (χ3n) is 3.20. The van der Waals surface area contributed by atoms with Crippen molar-refractivity contribution in [3.8, 4) is 5.75 Å². The molecule has 0 saturated carbocycles. The minimum Gasteiger partial charge on any atom is -0.496 e. The zero-order valence-electron chi connectivity index (χ0n) is 12.9. The number of hydrogen-bond donors (Lipinski definition) is 1. The number of hydrogen-bond acceptors (Lipinski definition) is 5. The minimum absolute atomic E-state index is 0.138. The largest absolute Gasteiger partial charge is 0.496 e. The van der Waals surface area contributed by atoms with E-state index in [1.54, 1.807) is 25.1 Å². The Kier molecular flexibility index (Phi) is 5.49. The average Bonchev–Trinajstić information content (AvgIpc) is 2.59. The van der Waals surface area contributed by atoms with Crippen molar-refractivity contribution in [1.82, 2.24) is 5.43 Å². The number of benzene rings is 2. The van der Waals surface area contributed by atoms with E-state index < -0.39 is 10.8 Å². The second-order valence-electron chi connectivity index (χ2n) is 4.79. The molecule has 0 heterocycles. The molecule has 24 heavy (non-hydrogen) atoms. The van der Waals surface area contributed by atoms with E-state index in [2.05, 4.69) is 10.5 Å². The first-order chi connectivity index (χ1) is 11.4. The fourth-order valence-corrected chi connectivity index (χ4v) is 2.16. The van der Waals surface area contributed by atoms with Crippen molar-refractivity contribution in [2.45, 2.75) is 6.92 Å². The molecule has 0 saturated heterocycles. The van der Waals surface area contributed by atoms with Gasteiger partial charge in [-0.25, -0.2) is 5.43 Å². The fourth-order valence-electron chi connectivity index (χ4n) is 1.98. The van der Waals surface area contributed by atoms with Crippen molar-refractivity contribution in [3.05, 3.63) is 68.7 Å². The molecule has 0 fully saturated rings. The molecule has 0 aliphatic carbocycles. The normalized spacial score (nSPS) is 11.0. The maximum atomic E-state index is 12.1. The number of halogens is 1. The zero-order valence-corrected chi connectivity index (χ0v) is 13.7. The van der Waals surface area contributed by atoms with Gasteiger partial charge in [-0.1, -0.05) is 17.7 Å². The minimum atomic E-state index is -0.567. The summed E-state index contributed by atoms with van der Waals surface area (Å²) in [6.45, 7) is 1.68. The number of nitro benzene ring substituents is 1. The van der Waals surface area contributed by atoms with Crippen LogP contribution in [0.5, 0.6) is 5.75 Å². The topological polar surface area (TPSA) is 93.8 Å². The predicted molar refractivity (Wildman–Crippen MR) is 90.8 cm³/mol. The first-order valence-corrected chi connectivity index (χ1v) is 7.23. The number of ether oxygens (including phenoxy) is 1. The van der Waals surface area contributed by atoms with E-state index in [0.717, 1.165) is 0 Å². The summed E-state index contributed by atoms with van der Waals surface area (Å²) in [4.78, 5) is 22.3. The highest BCUT2D eigenvalue weighted by molar-refractivity contribution is 6.31. The lowest BCUT2D eigenvalue weighted by atomic mass is 10.1. The van der Waals surface area contributed by atoms with Gasteiger partial charge in [-0.05, 0) is 31.2 Å². The third kappa shape index (κ3) is 4.08. The lowest BCUT2D eigenvalue weighted by molar-refractivity contribution is -0.384. The van der Waals surface area contributed by atoms with Gasteiger partial charge in [-0.15, -0.1) is 0 Å². The third-order valence-corrected chi connectivity index (χ3v) is 3.43. The summed E-state index contributed by atoms with van der Waals surface area (Å²) in [6, 6.07) is 10.4. The smallest absolute Gasteiger partial charge is 0.271 e. The number of carbonyl (C=O) groups excluding carboxylic acids is 1. The molecule has 8 heteroatoms. The standard InChI is InChI=1S/C16H14ClN3O4/c1-10(14-9-12(17)6-7-15(14)24-2)18-19-16(21)11-4-3-5-13(8-11)20(22)23/h3-9H,1-2H3,(H,19,21)/b18-10-. The van der Waals surface area contributed by atoms with Gasteiger partial charge in [-0.3, -0.25) is 14.9 Å². The molecule has 2 aromatic rings. The molecule has 0 aliphatic heterocycles. The summed E-state index contributed by atoms with van der Waals surface area (Å²) in [5.74, 6) is 0.00397. The summed E-state index contributed by atoms with van der Waals surface area (Å²) in [6.07, 6.45) is 0. The quantitative estimate of drug-likeness (QED) is 0.509. The maximum absolute atomic E-state index is 12.1. The van der Waals surface area contributed by atoms with Crippen LogP contribution in [0.25, 0.3) is 0 Å². The van der Waals surface area contributed by atoms with Crippen LogP contribution in [-0.2, 0) is 0 Å². The van der Waals surface area contributed by atoms with E-state index in [1.807, 2.05) is 0 Å². The predicted octanol–water partition coefficient (Wildman–Crippen LogP) is 3.41. The number of carbonyl (C=O) groups is 1. The molecule has 0 atom stereocenters. The molecule has 1 N–H and O–H groups in total. The first kappa shape index (κ1) is 17.4. The summed E-state index contributed by atoms with van der Waals surface area (Å²) < 4.78 is 5.23. The highest BCUT2D eigenvalue weighted by Gasteiger charge is 2.12. The van der Waals surface area contributed by atoms with Crippen LogP contribution in [-0.4, -0.2) is 23.7 Å². The number of non-ortho nitro benzene ring substituents is 1. The first-order valence-electron chi connectivity index (χ1n) is 6.85. The van der Waals surface area contributed by atoms with Crippen LogP contribution in [0.3, 0.4) is 0 Å². The number of nitrogens with one attached hydrogen (secondary N) is 1. The van der Waals surface area contributed by atoms with E-state index >= 15 is 0 Å². The number of methoxy groups -OCH3 is 1. The Hall–Kier alpha value is -2.93. The van der Waals surface area contributed by atoms with Crippen LogP contribution in [0.4, 0.5) is 5.69 Å². The van der Waals surface area contributed by atoms with Crippen LogP contribution >= 0.6 is 11.6 Å². The van der Waals surface area contributed by atoms with Crippen LogP contribution < -0.4 is 10.2 Å². The number of hydrazone groups is 1. The SMILES string of the molecule is COc1ccc(Cl)cc1/C(C)=N\NC(=O)c1cccc([N+](=O)[O-])c1. The van der Waals surface area contributed by atoms with Gasteiger partial charge >= 0.3 is 0 Å². The Bertz CT molecular complexity index is 821. The Balaban J connectivity index is 2.21. The second-order valence-corrected chi connectivity index (χ2v) is 5.23. The van der Waals surface area contributed by atoms with Crippen molar-refractivity contribution in [2.75, 3.05) is 7.11 Å². The summed E-state index contributed by atoms with van der Waals surface area (Å²) in [5.41, 5.74) is 3.44. The monoisotopic (exact) mass is 347 g/mol. The number of nitro groups is 1. The van der Waals surface area contributed by atoms with E-state index in [4.69, 9.17) is 16.3 Å². The molecule has 2 rings (SSSR count). The summed E-state index contributed by atoms with van der Waals surface area (Å²) in [7, 11) is 1.52. The Morgan fingerprint density at radius 2 is 2.04 bits per heavy atom. The van der Waals surface area contributed by atoms with E-state index in [9.17, 15) is 14.9 Å².